The van der Waals surface area contributed by atoms with Gasteiger partial charge in [-0.1, -0.05) is 62.3 Å². The molecule has 0 amide bonds. The average molecular weight is 508 g/mol. The van der Waals surface area contributed by atoms with E-state index in [1.165, 1.54) is 5.56 Å². The van der Waals surface area contributed by atoms with Gasteiger partial charge in [0.2, 0.25) is 0 Å². The van der Waals surface area contributed by atoms with Crippen molar-refractivity contribution in [2.45, 2.75) is 63.8 Å². The van der Waals surface area contributed by atoms with E-state index in [2.05, 4.69) is 50.2 Å². The number of aromatic nitrogens is 2. The topological polar surface area (TPSA) is 76.3 Å². The quantitative estimate of drug-likeness (QED) is 0.316. The van der Waals surface area contributed by atoms with Gasteiger partial charge in [0.1, 0.15) is 12.2 Å². The SMILES string of the molecule is CO[C@@H]1[C@@H](OC)[C@H](C)O[C@@H](O/N=C/c2ccc(-c3ccn(-c4ccc(C(C)(C)C)cc4)n3)cc2)[C@@H]1OC. The van der Waals surface area contributed by atoms with Gasteiger partial charge < -0.3 is 23.8 Å². The largest absolute Gasteiger partial charge is 0.376 e. The first-order valence-electron chi connectivity index (χ1n) is 12.4. The predicted octanol–water partition coefficient (Wildman–Crippen LogP) is 4.98. The lowest BCUT2D eigenvalue weighted by atomic mass is 9.87. The molecule has 0 aliphatic carbocycles. The third-order valence-corrected chi connectivity index (χ3v) is 6.70. The molecule has 0 N–H and O–H groups in total. The van der Waals surface area contributed by atoms with E-state index >= 15 is 0 Å². The van der Waals surface area contributed by atoms with Gasteiger partial charge in [-0.05, 0) is 41.7 Å². The minimum Gasteiger partial charge on any atom is -0.376 e. The summed E-state index contributed by atoms with van der Waals surface area (Å²) in [5.74, 6) is 0. The molecule has 1 fully saturated rings. The Hall–Kier alpha value is -3.04. The molecule has 1 aliphatic heterocycles. The zero-order chi connectivity index (χ0) is 26.6. The number of hydrogen-bond acceptors (Lipinski definition) is 7. The fourth-order valence-corrected chi connectivity index (χ4v) is 4.53. The van der Waals surface area contributed by atoms with Gasteiger partial charge in [0.25, 0.3) is 6.29 Å². The van der Waals surface area contributed by atoms with E-state index in [-0.39, 0.29) is 23.7 Å². The van der Waals surface area contributed by atoms with Crippen molar-refractivity contribution in [1.82, 2.24) is 9.78 Å². The Morgan fingerprint density at radius 2 is 1.51 bits per heavy atom. The van der Waals surface area contributed by atoms with Crippen molar-refractivity contribution in [2.75, 3.05) is 21.3 Å². The molecule has 0 unspecified atom stereocenters. The van der Waals surface area contributed by atoms with Crippen LogP contribution in [0.25, 0.3) is 16.9 Å². The normalized spacial score (nSPS) is 24.5. The predicted molar refractivity (Wildman–Crippen MR) is 143 cm³/mol. The van der Waals surface area contributed by atoms with Crippen molar-refractivity contribution < 1.29 is 23.8 Å². The third-order valence-electron chi connectivity index (χ3n) is 6.70. The molecule has 1 saturated heterocycles. The molecule has 2 aromatic carbocycles. The van der Waals surface area contributed by atoms with Crippen LogP contribution in [0.2, 0.25) is 0 Å². The van der Waals surface area contributed by atoms with Crippen LogP contribution < -0.4 is 0 Å². The number of ether oxygens (including phenoxy) is 4. The molecular formula is C29H37N3O5. The summed E-state index contributed by atoms with van der Waals surface area (Å²) in [6.07, 6.45) is 1.58. The van der Waals surface area contributed by atoms with Crippen LogP contribution in [0.1, 0.15) is 38.8 Å². The number of methoxy groups -OCH3 is 3. The molecular weight excluding hydrogens is 470 g/mol. The van der Waals surface area contributed by atoms with Crippen LogP contribution in [0.4, 0.5) is 0 Å². The van der Waals surface area contributed by atoms with Crippen molar-refractivity contribution in [3.63, 3.8) is 0 Å². The maximum atomic E-state index is 5.93. The van der Waals surface area contributed by atoms with Crippen molar-refractivity contribution in [1.29, 1.82) is 0 Å². The molecule has 0 spiro atoms. The van der Waals surface area contributed by atoms with Crippen molar-refractivity contribution in [2.24, 2.45) is 5.16 Å². The lowest BCUT2D eigenvalue weighted by molar-refractivity contribution is -0.305. The highest BCUT2D eigenvalue weighted by Crippen LogP contribution is 2.28. The van der Waals surface area contributed by atoms with Gasteiger partial charge in [-0.2, -0.15) is 5.10 Å². The zero-order valence-corrected chi connectivity index (χ0v) is 22.6. The van der Waals surface area contributed by atoms with Crippen LogP contribution in [0.5, 0.6) is 0 Å². The van der Waals surface area contributed by atoms with E-state index in [1.807, 2.05) is 48.1 Å². The maximum absolute atomic E-state index is 5.93. The van der Waals surface area contributed by atoms with Crippen LogP contribution in [-0.2, 0) is 29.2 Å². The molecule has 2 heterocycles. The van der Waals surface area contributed by atoms with E-state index in [1.54, 1.807) is 27.5 Å². The first-order chi connectivity index (χ1) is 17.7. The zero-order valence-electron chi connectivity index (χ0n) is 22.6. The summed E-state index contributed by atoms with van der Waals surface area (Å²) < 4.78 is 24.5. The van der Waals surface area contributed by atoms with E-state index < -0.39 is 12.4 Å². The highest BCUT2D eigenvalue weighted by Gasteiger charge is 2.46. The molecule has 8 heteroatoms. The van der Waals surface area contributed by atoms with E-state index in [0.717, 1.165) is 22.5 Å². The Morgan fingerprint density at radius 3 is 2.11 bits per heavy atom. The number of rotatable bonds is 8. The minimum atomic E-state index is -0.715. The monoisotopic (exact) mass is 507 g/mol. The molecule has 0 saturated carbocycles. The average Bonchev–Trinajstić information content (AvgIpc) is 3.38. The number of hydrogen-bond donors (Lipinski definition) is 0. The number of oxime groups is 1. The molecule has 8 nitrogen and oxygen atoms in total. The first-order valence-corrected chi connectivity index (χ1v) is 12.4. The molecule has 0 radical (unpaired) electrons. The summed E-state index contributed by atoms with van der Waals surface area (Å²) in [5.41, 5.74) is 5.24. The second-order valence-corrected chi connectivity index (χ2v) is 10.2. The van der Waals surface area contributed by atoms with Gasteiger partial charge in [0, 0.05) is 33.1 Å². The summed E-state index contributed by atoms with van der Waals surface area (Å²) in [6.45, 7) is 8.54. The summed E-state index contributed by atoms with van der Waals surface area (Å²) in [6, 6.07) is 18.5. The second-order valence-electron chi connectivity index (χ2n) is 10.2. The lowest BCUT2D eigenvalue weighted by Crippen LogP contribution is -2.59. The van der Waals surface area contributed by atoms with Gasteiger partial charge in [-0.25, -0.2) is 4.68 Å². The van der Waals surface area contributed by atoms with Gasteiger partial charge in [-0.3, -0.25) is 0 Å². The summed E-state index contributed by atoms with van der Waals surface area (Å²) in [7, 11) is 4.83. The Kier molecular flexibility index (Phi) is 8.44. The smallest absolute Gasteiger partial charge is 0.256 e. The Balaban J connectivity index is 1.40. The van der Waals surface area contributed by atoms with Gasteiger partial charge in [0.15, 0.2) is 6.10 Å². The minimum absolute atomic E-state index is 0.122. The van der Waals surface area contributed by atoms with E-state index in [0.29, 0.717) is 0 Å². The standard InChI is InChI=1S/C29H37N3O5/c1-19-25(33-5)26(34-6)27(35-7)28(36-19)37-30-18-20-8-10-21(11-9-20)24-16-17-32(31-24)23-14-12-22(13-15-23)29(2,3)4/h8-19,25-28H,1-7H3/b30-18+/t19-,25-,26+,27+,28-/m0/s1. The van der Waals surface area contributed by atoms with Crippen LogP contribution >= 0.6 is 0 Å². The van der Waals surface area contributed by atoms with Crippen LogP contribution in [-0.4, -0.2) is 68.0 Å². The molecule has 3 aromatic rings. The molecule has 37 heavy (non-hydrogen) atoms. The summed E-state index contributed by atoms with van der Waals surface area (Å²) in [4.78, 5) is 5.65. The molecule has 198 valence electrons. The molecule has 5 atom stereocenters. The Morgan fingerprint density at radius 1 is 0.865 bits per heavy atom. The van der Waals surface area contributed by atoms with Crippen molar-refractivity contribution in [3.05, 3.63) is 71.9 Å². The highest BCUT2D eigenvalue weighted by molar-refractivity contribution is 5.80. The molecule has 1 aromatic heterocycles. The van der Waals surface area contributed by atoms with Gasteiger partial charge in [-0.15, -0.1) is 0 Å². The molecule has 0 bridgehead atoms. The Bertz CT molecular complexity index is 1170. The summed E-state index contributed by atoms with van der Waals surface area (Å²) >= 11 is 0. The fourth-order valence-electron chi connectivity index (χ4n) is 4.53. The second kappa shape index (κ2) is 11.6. The number of nitrogens with zero attached hydrogens (tertiary/aromatic N) is 3. The summed E-state index contributed by atoms with van der Waals surface area (Å²) in [5, 5.41) is 8.90. The van der Waals surface area contributed by atoms with Gasteiger partial charge in [0.05, 0.1) is 23.7 Å². The molecule has 1 aliphatic rings. The lowest BCUT2D eigenvalue weighted by Gasteiger charge is -2.42. The number of benzene rings is 2. The first kappa shape index (κ1) is 27.0. The van der Waals surface area contributed by atoms with Crippen molar-refractivity contribution in [3.8, 4) is 16.9 Å². The fraction of sp³-hybridized carbons (Fsp3) is 0.448. The van der Waals surface area contributed by atoms with Crippen molar-refractivity contribution >= 4 is 6.21 Å². The highest BCUT2D eigenvalue weighted by atomic mass is 16.8. The maximum Gasteiger partial charge on any atom is 0.256 e. The van der Waals surface area contributed by atoms with Crippen LogP contribution in [0.3, 0.4) is 0 Å². The van der Waals surface area contributed by atoms with Gasteiger partial charge >= 0.3 is 0 Å². The Labute approximate surface area is 219 Å². The van der Waals surface area contributed by atoms with E-state index in [9.17, 15) is 0 Å². The third kappa shape index (κ3) is 6.10. The van der Waals surface area contributed by atoms with E-state index in [4.69, 9.17) is 28.9 Å². The molecule has 4 rings (SSSR count). The van der Waals surface area contributed by atoms with Crippen LogP contribution in [0, 0.1) is 0 Å². The van der Waals surface area contributed by atoms with Crippen LogP contribution in [0.15, 0.2) is 65.9 Å².